The average Bonchev–Trinajstić information content (AvgIpc) is 2.27. The first kappa shape index (κ1) is 17.9. The molecule has 106 valence electrons. The minimum atomic E-state index is -1.08. The summed E-state index contributed by atoms with van der Waals surface area (Å²) >= 11 is 0. The molecule has 0 heterocycles. The van der Waals surface area contributed by atoms with Gasteiger partial charge in [0.2, 0.25) is 0 Å². The lowest BCUT2D eigenvalue weighted by molar-refractivity contribution is 0.384. The molecule has 2 nitrogen and oxygen atoms in total. The summed E-state index contributed by atoms with van der Waals surface area (Å²) in [6.07, 6.45) is 0. The van der Waals surface area contributed by atoms with Gasteiger partial charge in [-0.15, -0.1) is 6.58 Å². The standard InChI is InChI=1S/C14H33BN2Si/c1-9-16(10-2)15(17(11-3)12-4)14(5)13-18(6,7)8/h5,9-13H2,1-4,6-8H3. The van der Waals surface area contributed by atoms with E-state index in [0.29, 0.717) is 6.98 Å². The van der Waals surface area contributed by atoms with Crippen LogP contribution in [0.3, 0.4) is 0 Å². The largest absolute Gasteiger partial charge is 0.341 e. The zero-order valence-electron chi connectivity index (χ0n) is 13.7. The van der Waals surface area contributed by atoms with Gasteiger partial charge in [-0.2, -0.15) is 0 Å². The lowest BCUT2D eigenvalue weighted by Crippen LogP contribution is -2.54. The van der Waals surface area contributed by atoms with Crippen molar-refractivity contribution in [3.63, 3.8) is 0 Å². The highest BCUT2D eigenvalue weighted by atomic mass is 28.3. The van der Waals surface area contributed by atoms with Crippen molar-refractivity contribution >= 4 is 15.1 Å². The predicted molar refractivity (Wildman–Crippen MR) is 88.9 cm³/mol. The Kier molecular flexibility index (Phi) is 8.15. The molecule has 0 aliphatic carbocycles. The maximum atomic E-state index is 4.43. The Bertz CT molecular complexity index is 231. The fourth-order valence-corrected chi connectivity index (χ4v) is 4.20. The van der Waals surface area contributed by atoms with Gasteiger partial charge in [0.05, 0.1) is 0 Å². The number of rotatable bonds is 9. The van der Waals surface area contributed by atoms with Crippen LogP contribution in [0.4, 0.5) is 0 Å². The first-order valence-corrected chi connectivity index (χ1v) is 11.2. The summed E-state index contributed by atoms with van der Waals surface area (Å²) in [5, 5.41) is 0. The molecule has 0 aromatic carbocycles. The quantitative estimate of drug-likeness (QED) is 0.590. The molecular formula is C14H33BN2Si. The molecule has 0 amide bonds. The van der Waals surface area contributed by atoms with Crippen LogP contribution in [0.1, 0.15) is 27.7 Å². The zero-order valence-corrected chi connectivity index (χ0v) is 14.7. The van der Waals surface area contributed by atoms with Gasteiger partial charge in [0.1, 0.15) is 0 Å². The molecule has 0 bridgehead atoms. The lowest BCUT2D eigenvalue weighted by Gasteiger charge is -2.37. The molecule has 4 heteroatoms. The van der Waals surface area contributed by atoms with E-state index in [2.05, 4.69) is 63.5 Å². The Morgan fingerprint density at radius 1 is 0.889 bits per heavy atom. The van der Waals surface area contributed by atoms with Crippen molar-refractivity contribution in [2.24, 2.45) is 0 Å². The average molecular weight is 268 g/mol. The number of hydrogen-bond donors (Lipinski definition) is 0. The molecule has 0 aromatic heterocycles. The molecule has 0 unspecified atom stereocenters. The normalized spacial score (nSPS) is 12.3. The molecule has 0 rings (SSSR count). The Balaban J connectivity index is 5.01. The van der Waals surface area contributed by atoms with Gasteiger partial charge in [-0.25, -0.2) is 0 Å². The first-order valence-electron chi connectivity index (χ1n) is 7.46. The van der Waals surface area contributed by atoms with Crippen LogP contribution in [-0.4, -0.2) is 50.9 Å². The summed E-state index contributed by atoms with van der Waals surface area (Å²) in [4.78, 5) is 5.07. The van der Waals surface area contributed by atoms with Crippen LogP contribution in [-0.2, 0) is 0 Å². The molecule has 0 saturated carbocycles. The second kappa shape index (κ2) is 8.18. The molecule has 0 spiro atoms. The van der Waals surface area contributed by atoms with Crippen LogP contribution in [0.25, 0.3) is 0 Å². The van der Waals surface area contributed by atoms with Crippen LogP contribution >= 0.6 is 0 Å². The number of allylic oxidation sites excluding steroid dienone is 1. The van der Waals surface area contributed by atoms with E-state index in [1.165, 1.54) is 11.5 Å². The van der Waals surface area contributed by atoms with Crippen LogP contribution in [0.15, 0.2) is 12.1 Å². The summed E-state index contributed by atoms with van der Waals surface area (Å²) in [6.45, 7) is 25.6. The van der Waals surface area contributed by atoms with Gasteiger partial charge in [-0.05, 0) is 32.2 Å². The third-order valence-electron chi connectivity index (χ3n) is 3.44. The molecule has 0 N–H and O–H groups in total. The maximum absolute atomic E-state index is 4.43. The van der Waals surface area contributed by atoms with Crippen LogP contribution in [0.5, 0.6) is 0 Å². The van der Waals surface area contributed by atoms with Gasteiger partial charge in [0.15, 0.2) is 0 Å². The topological polar surface area (TPSA) is 6.48 Å². The van der Waals surface area contributed by atoms with Crippen LogP contribution in [0, 0.1) is 0 Å². The summed E-state index contributed by atoms with van der Waals surface area (Å²) in [6, 6.07) is 1.23. The Hall–Kier alpha value is -0.0582. The monoisotopic (exact) mass is 268 g/mol. The fourth-order valence-electron chi connectivity index (χ4n) is 2.66. The van der Waals surface area contributed by atoms with Crippen molar-refractivity contribution in [2.75, 3.05) is 26.2 Å². The maximum Gasteiger partial charge on any atom is 0.341 e. The van der Waals surface area contributed by atoms with E-state index in [-0.39, 0.29) is 0 Å². The highest BCUT2D eigenvalue weighted by molar-refractivity contribution is 6.79. The van der Waals surface area contributed by atoms with Gasteiger partial charge in [0, 0.05) is 8.07 Å². The Morgan fingerprint density at radius 2 is 1.22 bits per heavy atom. The Labute approximate surface area is 117 Å². The van der Waals surface area contributed by atoms with Gasteiger partial charge in [0.25, 0.3) is 0 Å². The molecule has 0 fully saturated rings. The minimum Gasteiger partial charge on any atom is -0.325 e. The van der Waals surface area contributed by atoms with Gasteiger partial charge < -0.3 is 9.62 Å². The van der Waals surface area contributed by atoms with E-state index in [1.807, 2.05) is 0 Å². The third kappa shape index (κ3) is 5.72. The van der Waals surface area contributed by atoms with Gasteiger partial charge in [-0.1, -0.05) is 52.8 Å². The molecule has 18 heavy (non-hydrogen) atoms. The predicted octanol–water partition coefficient (Wildman–Crippen LogP) is 3.59. The second-order valence-corrected chi connectivity index (χ2v) is 11.7. The van der Waals surface area contributed by atoms with Crippen LogP contribution < -0.4 is 0 Å². The molecule has 0 atom stereocenters. The van der Waals surface area contributed by atoms with Gasteiger partial charge in [-0.3, -0.25) is 0 Å². The van der Waals surface area contributed by atoms with Gasteiger partial charge >= 0.3 is 6.98 Å². The van der Waals surface area contributed by atoms with E-state index in [4.69, 9.17) is 0 Å². The van der Waals surface area contributed by atoms with Crippen molar-refractivity contribution in [3.05, 3.63) is 12.1 Å². The SMILES string of the molecule is C=C(C[Si](C)(C)C)B(N(CC)CC)N(CC)CC. The van der Waals surface area contributed by atoms with Crippen molar-refractivity contribution in [2.45, 2.75) is 53.4 Å². The van der Waals surface area contributed by atoms with E-state index < -0.39 is 8.07 Å². The highest BCUT2D eigenvalue weighted by Crippen LogP contribution is 2.20. The first-order chi connectivity index (χ1) is 8.30. The van der Waals surface area contributed by atoms with Crippen molar-refractivity contribution < 1.29 is 0 Å². The molecule has 0 aromatic rings. The number of hydrogen-bond acceptors (Lipinski definition) is 2. The number of nitrogens with zero attached hydrogens (tertiary/aromatic N) is 2. The smallest absolute Gasteiger partial charge is 0.325 e. The molecule has 0 aliphatic heterocycles. The summed E-state index contributed by atoms with van der Waals surface area (Å²) in [5.41, 5.74) is 1.42. The summed E-state index contributed by atoms with van der Waals surface area (Å²) < 4.78 is 0. The highest BCUT2D eigenvalue weighted by Gasteiger charge is 2.32. The molecule has 0 aliphatic rings. The lowest BCUT2D eigenvalue weighted by atomic mass is 9.64. The molecule has 0 radical (unpaired) electrons. The summed E-state index contributed by atoms with van der Waals surface area (Å²) in [5.74, 6) is 0. The van der Waals surface area contributed by atoms with E-state index in [9.17, 15) is 0 Å². The minimum absolute atomic E-state index is 0.432. The third-order valence-corrected chi connectivity index (χ3v) is 4.95. The second-order valence-electron chi connectivity index (χ2n) is 6.21. The fraction of sp³-hybridized carbons (Fsp3) is 0.857. The molecular weight excluding hydrogens is 235 g/mol. The summed E-state index contributed by atoms with van der Waals surface area (Å²) in [7, 11) is -1.08. The zero-order chi connectivity index (χ0) is 14.3. The van der Waals surface area contributed by atoms with Crippen molar-refractivity contribution in [1.82, 2.24) is 9.62 Å². The Morgan fingerprint density at radius 3 is 1.44 bits per heavy atom. The van der Waals surface area contributed by atoms with E-state index in [1.54, 1.807) is 0 Å². The van der Waals surface area contributed by atoms with E-state index >= 15 is 0 Å². The van der Waals surface area contributed by atoms with Crippen LogP contribution in [0.2, 0.25) is 25.7 Å². The molecule has 0 saturated heterocycles. The van der Waals surface area contributed by atoms with Crippen molar-refractivity contribution in [3.8, 4) is 0 Å². The van der Waals surface area contributed by atoms with E-state index in [0.717, 1.165) is 26.2 Å². The van der Waals surface area contributed by atoms with Crippen molar-refractivity contribution in [1.29, 1.82) is 0 Å².